The molecule has 0 N–H and O–H groups in total. The van der Waals surface area contributed by atoms with Crippen LogP contribution in [-0.4, -0.2) is 15.0 Å². The van der Waals surface area contributed by atoms with Gasteiger partial charge in [-0.15, -0.1) is 0 Å². The lowest BCUT2D eigenvalue weighted by molar-refractivity contribution is 0.672. The van der Waals surface area contributed by atoms with E-state index in [0.29, 0.717) is 5.82 Å². The number of furan rings is 1. The number of nitrogens with zero attached hydrogens (tertiary/aromatic N) is 3. The van der Waals surface area contributed by atoms with Crippen LogP contribution in [-0.2, 0) is 0 Å². The van der Waals surface area contributed by atoms with E-state index in [-0.39, 0.29) is 0 Å². The van der Waals surface area contributed by atoms with Gasteiger partial charge in [-0.3, -0.25) is 0 Å². The van der Waals surface area contributed by atoms with Gasteiger partial charge in [0, 0.05) is 27.6 Å². The summed E-state index contributed by atoms with van der Waals surface area (Å²) in [6.07, 6.45) is 0. The average molecular weight is 602 g/mol. The van der Waals surface area contributed by atoms with E-state index in [1.165, 1.54) is 0 Å². The molecule has 9 aromatic rings. The summed E-state index contributed by atoms with van der Waals surface area (Å²) in [7, 11) is 0. The lowest BCUT2D eigenvalue weighted by Gasteiger charge is -2.12. The quantitative estimate of drug-likeness (QED) is 0.197. The molecule has 47 heavy (non-hydrogen) atoms. The zero-order valence-corrected chi connectivity index (χ0v) is 25.3. The maximum absolute atomic E-state index is 6.64. The summed E-state index contributed by atoms with van der Waals surface area (Å²) in [6, 6.07) is 55.9. The summed E-state index contributed by atoms with van der Waals surface area (Å²) in [5.41, 5.74) is 11.5. The second-order valence-corrected chi connectivity index (χ2v) is 11.6. The van der Waals surface area contributed by atoms with Gasteiger partial charge in [-0.2, -0.15) is 0 Å². The van der Waals surface area contributed by atoms with E-state index in [9.17, 15) is 0 Å². The smallest absolute Gasteiger partial charge is 0.160 e. The monoisotopic (exact) mass is 601 g/mol. The largest absolute Gasteiger partial charge is 0.455 e. The fourth-order valence-electron chi connectivity index (χ4n) is 6.44. The van der Waals surface area contributed by atoms with Gasteiger partial charge in [-0.25, -0.2) is 15.0 Å². The first-order valence-electron chi connectivity index (χ1n) is 15.7. The van der Waals surface area contributed by atoms with Crippen LogP contribution < -0.4 is 0 Å². The summed E-state index contributed by atoms with van der Waals surface area (Å²) in [5, 5.41) is 3.09. The van der Waals surface area contributed by atoms with Crippen LogP contribution in [0.5, 0.6) is 0 Å². The Bertz CT molecular complexity index is 2480. The molecular formula is C43H27N3O. The Morgan fingerprint density at radius 1 is 0.404 bits per heavy atom. The SMILES string of the molecule is c1ccc(-c2cc(-c3ccc(-c4nc5cccc(-c6ccccc6)c5c5oc6ccccc6c45)cc3)nc(-c3ccccc3)n2)cc1. The summed E-state index contributed by atoms with van der Waals surface area (Å²) < 4.78 is 6.64. The lowest BCUT2D eigenvalue weighted by Crippen LogP contribution is -1.96. The van der Waals surface area contributed by atoms with E-state index in [4.69, 9.17) is 19.4 Å². The van der Waals surface area contributed by atoms with Crippen molar-refractivity contribution >= 4 is 32.8 Å². The van der Waals surface area contributed by atoms with E-state index in [1.54, 1.807) is 0 Å². The minimum Gasteiger partial charge on any atom is -0.455 e. The molecule has 0 saturated heterocycles. The first kappa shape index (κ1) is 27.0. The number of benzene rings is 6. The maximum atomic E-state index is 6.64. The molecule has 0 aliphatic heterocycles. The molecule has 3 aromatic heterocycles. The zero-order chi connectivity index (χ0) is 31.2. The van der Waals surface area contributed by atoms with Gasteiger partial charge in [-0.05, 0) is 29.3 Å². The molecule has 0 aliphatic carbocycles. The summed E-state index contributed by atoms with van der Waals surface area (Å²) in [4.78, 5) is 15.3. The van der Waals surface area contributed by atoms with Gasteiger partial charge in [0.1, 0.15) is 11.2 Å². The van der Waals surface area contributed by atoms with E-state index >= 15 is 0 Å². The first-order valence-corrected chi connectivity index (χ1v) is 15.7. The van der Waals surface area contributed by atoms with Gasteiger partial charge in [0.05, 0.1) is 33.4 Å². The van der Waals surface area contributed by atoms with Crippen molar-refractivity contribution in [2.45, 2.75) is 0 Å². The first-order chi connectivity index (χ1) is 23.3. The summed E-state index contributed by atoms with van der Waals surface area (Å²) >= 11 is 0. The van der Waals surface area contributed by atoms with Gasteiger partial charge in [0.15, 0.2) is 5.82 Å². The zero-order valence-electron chi connectivity index (χ0n) is 25.3. The molecule has 0 amide bonds. The number of hydrogen-bond donors (Lipinski definition) is 0. The van der Waals surface area contributed by atoms with Crippen LogP contribution in [0.25, 0.3) is 89.1 Å². The predicted molar refractivity (Wildman–Crippen MR) is 192 cm³/mol. The molecule has 4 nitrogen and oxygen atoms in total. The van der Waals surface area contributed by atoms with Gasteiger partial charge in [0.2, 0.25) is 0 Å². The highest BCUT2D eigenvalue weighted by Crippen LogP contribution is 2.42. The van der Waals surface area contributed by atoms with E-state index in [1.807, 2.05) is 66.7 Å². The van der Waals surface area contributed by atoms with Crippen LogP contribution >= 0.6 is 0 Å². The molecule has 0 unspecified atom stereocenters. The van der Waals surface area contributed by atoms with E-state index in [2.05, 4.69) is 97.1 Å². The maximum Gasteiger partial charge on any atom is 0.160 e. The second kappa shape index (κ2) is 11.2. The highest BCUT2D eigenvalue weighted by molar-refractivity contribution is 6.22. The number of fused-ring (bicyclic) bond motifs is 5. The number of hydrogen-bond acceptors (Lipinski definition) is 4. The molecule has 0 fully saturated rings. The average Bonchev–Trinajstić information content (AvgIpc) is 3.55. The third kappa shape index (κ3) is 4.75. The number of pyridine rings is 1. The van der Waals surface area contributed by atoms with E-state index < -0.39 is 0 Å². The Hall–Kier alpha value is -6.39. The van der Waals surface area contributed by atoms with Crippen LogP contribution in [0.2, 0.25) is 0 Å². The normalized spacial score (nSPS) is 11.4. The second-order valence-electron chi connectivity index (χ2n) is 11.6. The van der Waals surface area contributed by atoms with Crippen molar-refractivity contribution in [2.24, 2.45) is 0 Å². The molecule has 0 aliphatic rings. The Kier molecular flexibility index (Phi) is 6.43. The topological polar surface area (TPSA) is 51.8 Å². The molecule has 0 spiro atoms. The minimum atomic E-state index is 0.697. The third-order valence-corrected chi connectivity index (χ3v) is 8.70. The van der Waals surface area contributed by atoms with Crippen molar-refractivity contribution < 1.29 is 4.42 Å². The van der Waals surface area contributed by atoms with Crippen molar-refractivity contribution in [1.29, 1.82) is 0 Å². The highest BCUT2D eigenvalue weighted by atomic mass is 16.3. The van der Waals surface area contributed by atoms with Crippen LogP contribution in [0.1, 0.15) is 0 Å². The van der Waals surface area contributed by atoms with Crippen molar-refractivity contribution in [3.63, 3.8) is 0 Å². The predicted octanol–water partition coefficient (Wildman–Crippen LogP) is 11.3. The molecule has 6 aromatic carbocycles. The molecule has 0 bridgehead atoms. The molecule has 4 heteroatoms. The summed E-state index contributed by atoms with van der Waals surface area (Å²) in [5.74, 6) is 0.697. The molecule has 0 atom stereocenters. The fraction of sp³-hybridized carbons (Fsp3) is 0. The van der Waals surface area contributed by atoms with Crippen molar-refractivity contribution in [3.8, 4) is 56.3 Å². The van der Waals surface area contributed by atoms with Crippen LogP contribution in [0.3, 0.4) is 0 Å². The van der Waals surface area contributed by atoms with Gasteiger partial charge in [0.25, 0.3) is 0 Å². The van der Waals surface area contributed by atoms with Crippen molar-refractivity contribution in [3.05, 3.63) is 164 Å². The third-order valence-electron chi connectivity index (χ3n) is 8.70. The van der Waals surface area contributed by atoms with Crippen LogP contribution in [0.4, 0.5) is 0 Å². The number of aromatic nitrogens is 3. The van der Waals surface area contributed by atoms with E-state index in [0.717, 1.165) is 83.3 Å². The molecule has 3 heterocycles. The highest BCUT2D eigenvalue weighted by Gasteiger charge is 2.20. The molecule has 0 saturated carbocycles. The van der Waals surface area contributed by atoms with Gasteiger partial charge >= 0.3 is 0 Å². The van der Waals surface area contributed by atoms with Crippen molar-refractivity contribution in [1.82, 2.24) is 15.0 Å². The lowest BCUT2D eigenvalue weighted by atomic mass is 9.96. The fourth-order valence-corrected chi connectivity index (χ4v) is 6.44. The number of para-hydroxylation sites is 1. The van der Waals surface area contributed by atoms with Crippen LogP contribution in [0.15, 0.2) is 168 Å². The summed E-state index contributed by atoms with van der Waals surface area (Å²) in [6.45, 7) is 0. The number of rotatable bonds is 5. The molecule has 9 rings (SSSR count). The van der Waals surface area contributed by atoms with Crippen molar-refractivity contribution in [2.75, 3.05) is 0 Å². The standard InChI is InChI=1S/C43H27N3O/c1-4-13-28(14-5-1)33-20-12-21-35-39(33)42-40(34-19-10-11-22-38(34)47-42)41(44-35)31-25-23-30(24-26-31)37-27-36(29-15-6-2-7-16-29)45-43(46-37)32-17-8-3-9-18-32/h1-27H. The Balaban J connectivity index is 1.22. The Morgan fingerprint density at radius 3 is 1.68 bits per heavy atom. The molecular weight excluding hydrogens is 574 g/mol. The Labute approximate surface area is 271 Å². The minimum absolute atomic E-state index is 0.697. The molecule has 0 radical (unpaired) electrons. The Morgan fingerprint density at radius 2 is 0.979 bits per heavy atom. The van der Waals surface area contributed by atoms with Crippen LogP contribution in [0, 0.1) is 0 Å². The van der Waals surface area contributed by atoms with Gasteiger partial charge in [-0.1, -0.05) is 146 Å². The molecule has 220 valence electrons. The van der Waals surface area contributed by atoms with Gasteiger partial charge < -0.3 is 4.42 Å².